The number of aromatic hydroxyl groups is 1. The molecule has 3 aliphatic rings. The number of hydrogen-bond donors (Lipinski definition) is 1. The zero-order chi connectivity index (χ0) is 13.4. The molecule has 1 aromatic carbocycles. The number of carbonyl (C=O) groups is 1. The van der Waals surface area contributed by atoms with Gasteiger partial charge in [-0.3, -0.25) is 4.79 Å². The van der Waals surface area contributed by atoms with Crippen molar-refractivity contribution in [3.05, 3.63) is 33.3 Å². The van der Waals surface area contributed by atoms with Gasteiger partial charge in [0, 0.05) is 11.3 Å². The number of ketones is 1. The normalized spacial score (nSPS) is 31.7. The number of phenols is 1. The van der Waals surface area contributed by atoms with Crippen molar-refractivity contribution in [2.75, 3.05) is 0 Å². The van der Waals surface area contributed by atoms with E-state index in [1.807, 2.05) is 13.0 Å². The highest BCUT2D eigenvalue weighted by Gasteiger charge is 2.54. The molecule has 0 heterocycles. The van der Waals surface area contributed by atoms with Gasteiger partial charge in [0.15, 0.2) is 5.78 Å². The van der Waals surface area contributed by atoms with E-state index < -0.39 is 0 Å². The van der Waals surface area contributed by atoms with Gasteiger partial charge in [-0.1, -0.05) is 6.07 Å². The summed E-state index contributed by atoms with van der Waals surface area (Å²) in [6.45, 7) is 1.98. The van der Waals surface area contributed by atoms with Crippen LogP contribution in [0, 0.1) is 18.3 Å². The first-order chi connectivity index (χ1) is 9.03. The van der Waals surface area contributed by atoms with E-state index in [0.29, 0.717) is 5.75 Å². The van der Waals surface area contributed by atoms with E-state index in [1.54, 1.807) is 6.07 Å². The summed E-state index contributed by atoms with van der Waals surface area (Å²) < 4.78 is 0.796. The average molecular weight is 319 g/mol. The highest BCUT2D eigenvalue weighted by Crippen LogP contribution is 2.63. The standard InChI is InChI=1S/C16H15BrO2/c1-8-11-7-16-5-4-9(6-16)15(19)14(17)13(16)10(11)2-3-12(8)18/h2-3,9,18H,4-7H2,1H3/t9-,16-/m1/s1. The minimum Gasteiger partial charge on any atom is -0.508 e. The topological polar surface area (TPSA) is 37.3 Å². The number of hydrogen-bond acceptors (Lipinski definition) is 2. The summed E-state index contributed by atoms with van der Waals surface area (Å²) in [5.41, 5.74) is 4.76. The first kappa shape index (κ1) is 11.7. The van der Waals surface area contributed by atoms with Crippen LogP contribution in [0.1, 0.15) is 36.0 Å². The summed E-state index contributed by atoms with van der Waals surface area (Å²) in [6, 6.07) is 3.74. The molecule has 1 aromatic rings. The maximum absolute atomic E-state index is 12.3. The zero-order valence-electron chi connectivity index (χ0n) is 10.8. The summed E-state index contributed by atoms with van der Waals surface area (Å²) in [5.74, 6) is 0.856. The Morgan fingerprint density at radius 1 is 1.42 bits per heavy atom. The molecule has 3 aliphatic carbocycles. The van der Waals surface area contributed by atoms with E-state index in [9.17, 15) is 9.90 Å². The van der Waals surface area contributed by atoms with E-state index in [-0.39, 0.29) is 17.1 Å². The van der Waals surface area contributed by atoms with Gasteiger partial charge in [-0.05, 0) is 76.9 Å². The Bertz CT molecular complexity index is 659. The molecule has 2 bridgehead atoms. The number of Topliss-reactive ketones (excluding diaryl/α,β-unsaturated/α-hetero) is 1. The van der Waals surface area contributed by atoms with Gasteiger partial charge >= 0.3 is 0 Å². The first-order valence-corrected chi connectivity index (χ1v) is 7.59. The number of halogens is 1. The van der Waals surface area contributed by atoms with Crippen LogP contribution in [0.3, 0.4) is 0 Å². The van der Waals surface area contributed by atoms with Crippen LogP contribution < -0.4 is 0 Å². The van der Waals surface area contributed by atoms with Crippen molar-refractivity contribution >= 4 is 27.3 Å². The second-order valence-electron chi connectivity index (χ2n) is 6.19. The highest BCUT2D eigenvalue weighted by molar-refractivity contribution is 9.12. The van der Waals surface area contributed by atoms with Gasteiger partial charge in [-0.15, -0.1) is 0 Å². The SMILES string of the molecule is Cc1c(O)ccc2c1C[C@@]13CC[C@H](C1)C(=O)C(Br)=C23. The minimum atomic E-state index is 0.151. The van der Waals surface area contributed by atoms with Gasteiger partial charge < -0.3 is 5.11 Å². The number of phenolic OH excluding ortho intramolecular Hbond substituents is 1. The van der Waals surface area contributed by atoms with Crippen LogP contribution >= 0.6 is 15.9 Å². The molecular weight excluding hydrogens is 304 g/mol. The van der Waals surface area contributed by atoms with Crippen LogP contribution in [-0.2, 0) is 11.2 Å². The lowest BCUT2D eigenvalue weighted by Gasteiger charge is -2.30. The van der Waals surface area contributed by atoms with Crippen molar-refractivity contribution in [2.45, 2.75) is 32.6 Å². The van der Waals surface area contributed by atoms with Crippen molar-refractivity contribution in [3.8, 4) is 5.75 Å². The van der Waals surface area contributed by atoms with Crippen molar-refractivity contribution in [1.29, 1.82) is 0 Å². The summed E-state index contributed by atoms with van der Waals surface area (Å²) in [5, 5.41) is 9.91. The predicted octanol–water partition coefficient (Wildman–Crippen LogP) is 3.73. The molecule has 0 aliphatic heterocycles. The second kappa shape index (κ2) is 3.51. The second-order valence-corrected chi connectivity index (χ2v) is 6.98. The number of benzene rings is 1. The molecule has 1 fully saturated rings. The molecule has 0 amide bonds. The van der Waals surface area contributed by atoms with E-state index >= 15 is 0 Å². The number of rotatable bonds is 0. The van der Waals surface area contributed by atoms with E-state index in [4.69, 9.17) is 0 Å². The Balaban J connectivity index is 2.03. The Morgan fingerprint density at radius 2 is 2.21 bits per heavy atom. The molecule has 0 saturated heterocycles. The van der Waals surface area contributed by atoms with Crippen molar-refractivity contribution in [2.24, 2.45) is 11.3 Å². The maximum atomic E-state index is 12.3. The fourth-order valence-corrected chi connectivity index (χ4v) is 5.27. The number of carbonyl (C=O) groups excluding carboxylic acids is 1. The summed E-state index contributed by atoms with van der Waals surface area (Å²) in [7, 11) is 0. The Morgan fingerprint density at radius 3 is 3.00 bits per heavy atom. The predicted molar refractivity (Wildman–Crippen MR) is 77.2 cm³/mol. The van der Waals surface area contributed by atoms with Gasteiger partial charge in [0.05, 0.1) is 4.48 Å². The molecule has 98 valence electrons. The quantitative estimate of drug-likeness (QED) is 0.791. The first-order valence-electron chi connectivity index (χ1n) is 6.80. The fraction of sp³-hybridized carbons (Fsp3) is 0.438. The molecular formula is C16H15BrO2. The number of allylic oxidation sites excluding steroid dienone is 2. The molecule has 1 spiro atoms. The third-order valence-electron chi connectivity index (χ3n) is 5.30. The van der Waals surface area contributed by atoms with Gasteiger partial charge in [0.1, 0.15) is 5.75 Å². The molecule has 4 rings (SSSR count). The third-order valence-corrected chi connectivity index (χ3v) is 6.09. The summed E-state index contributed by atoms with van der Waals surface area (Å²) in [6.07, 6.45) is 4.08. The Hall–Kier alpha value is -1.09. The van der Waals surface area contributed by atoms with E-state index in [0.717, 1.165) is 35.7 Å². The lowest BCUT2D eigenvalue weighted by Crippen LogP contribution is -2.25. The fourth-order valence-electron chi connectivity index (χ4n) is 4.31. The summed E-state index contributed by atoms with van der Waals surface area (Å²) >= 11 is 3.56. The molecule has 2 nitrogen and oxygen atoms in total. The van der Waals surface area contributed by atoms with Gasteiger partial charge in [-0.25, -0.2) is 0 Å². The molecule has 1 N–H and O–H groups in total. The highest BCUT2D eigenvalue weighted by atomic mass is 79.9. The molecule has 3 heteroatoms. The van der Waals surface area contributed by atoms with Gasteiger partial charge in [-0.2, -0.15) is 0 Å². The van der Waals surface area contributed by atoms with Crippen LogP contribution in [0.15, 0.2) is 16.6 Å². The van der Waals surface area contributed by atoms with E-state index in [1.165, 1.54) is 16.7 Å². The summed E-state index contributed by atoms with van der Waals surface area (Å²) in [4.78, 5) is 12.3. The van der Waals surface area contributed by atoms with Gasteiger partial charge in [0.2, 0.25) is 0 Å². The van der Waals surface area contributed by atoms with Crippen LogP contribution in [0.2, 0.25) is 0 Å². The largest absolute Gasteiger partial charge is 0.508 e. The van der Waals surface area contributed by atoms with E-state index in [2.05, 4.69) is 15.9 Å². The molecule has 1 saturated carbocycles. The minimum absolute atomic E-state index is 0.151. The molecule has 19 heavy (non-hydrogen) atoms. The van der Waals surface area contributed by atoms with Gasteiger partial charge in [0.25, 0.3) is 0 Å². The molecule has 2 atom stereocenters. The third kappa shape index (κ3) is 1.29. The van der Waals surface area contributed by atoms with Crippen molar-refractivity contribution in [3.63, 3.8) is 0 Å². The number of fused-ring (bicyclic) bond motifs is 3. The Labute approximate surface area is 120 Å². The van der Waals surface area contributed by atoms with Crippen molar-refractivity contribution in [1.82, 2.24) is 0 Å². The molecule has 0 unspecified atom stereocenters. The molecule has 0 radical (unpaired) electrons. The Kier molecular flexibility index (Phi) is 2.17. The van der Waals surface area contributed by atoms with Crippen LogP contribution in [0.5, 0.6) is 5.75 Å². The molecule has 0 aromatic heterocycles. The van der Waals surface area contributed by atoms with Crippen molar-refractivity contribution < 1.29 is 9.90 Å². The lowest BCUT2D eigenvalue weighted by atomic mass is 9.74. The smallest absolute Gasteiger partial charge is 0.173 e. The monoisotopic (exact) mass is 318 g/mol. The van der Waals surface area contributed by atoms with Crippen LogP contribution in [0.4, 0.5) is 0 Å². The average Bonchev–Trinajstić information content (AvgIpc) is 2.93. The van der Waals surface area contributed by atoms with Crippen LogP contribution in [0.25, 0.3) is 5.57 Å². The lowest BCUT2D eigenvalue weighted by molar-refractivity contribution is -0.118. The van der Waals surface area contributed by atoms with Crippen LogP contribution in [-0.4, -0.2) is 10.9 Å². The zero-order valence-corrected chi connectivity index (χ0v) is 12.4. The maximum Gasteiger partial charge on any atom is 0.173 e.